The first-order chi connectivity index (χ1) is 7.68. The Kier molecular flexibility index (Phi) is 3.82. The lowest BCUT2D eigenvalue weighted by atomic mass is 9.86. The van der Waals surface area contributed by atoms with Gasteiger partial charge in [-0.3, -0.25) is 4.98 Å². The van der Waals surface area contributed by atoms with Gasteiger partial charge >= 0.3 is 0 Å². The van der Waals surface area contributed by atoms with Gasteiger partial charge in [0.2, 0.25) is 0 Å². The van der Waals surface area contributed by atoms with Gasteiger partial charge in [-0.15, -0.1) is 0 Å². The summed E-state index contributed by atoms with van der Waals surface area (Å²) >= 11 is 3.34. The molecule has 0 unspecified atom stereocenters. The molecule has 1 heterocycles. The maximum atomic E-state index is 10.2. The van der Waals surface area contributed by atoms with Gasteiger partial charge in [-0.25, -0.2) is 0 Å². The second kappa shape index (κ2) is 5.15. The molecule has 3 nitrogen and oxygen atoms in total. The molecular weight excluding hydrogens is 270 g/mol. The first-order valence-corrected chi connectivity index (χ1v) is 6.43. The predicted molar refractivity (Wildman–Crippen MR) is 65.5 cm³/mol. The van der Waals surface area contributed by atoms with E-state index in [0.29, 0.717) is 12.4 Å². The zero-order chi connectivity index (χ0) is 11.4. The van der Waals surface area contributed by atoms with Crippen molar-refractivity contribution in [1.82, 2.24) is 4.98 Å². The van der Waals surface area contributed by atoms with E-state index in [1.165, 1.54) is 6.42 Å². The third-order valence-corrected chi connectivity index (χ3v) is 3.41. The Morgan fingerprint density at radius 2 is 2.06 bits per heavy atom. The SMILES string of the molecule is OC1(COc2cncc(Br)c2)CCCCC1. The number of pyridine rings is 1. The van der Waals surface area contributed by atoms with Crippen LogP contribution in [0, 0.1) is 0 Å². The quantitative estimate of drug-likeness (QED) is 0.929. The minimum Gasteiger partial charge on any atom is -0.489 e. The average molecular weight is 286 g/mol. The van der Waals surface area contributed by atoms with Crippen molar-refractivity contribution in [3.63, 3.8) is 0 Å². The maximum absolute atomic E-state index is 10.2. The third kappa shape index (κ3) is 3.19. The molecular formula is C12H16BrNO2. The zero-order valence-electron chi connectivity index (χ0n) is 9.16. The van der Waals surface area contributed by atoms with Gasteiger partial charge in [-0.2, -0.15) is 0 Å². The minimum atomic E-state index is -0.638. The summed E-state index contributed by atoms with van der Waals surface area (Å²) in [6.07, 6.45) is 8.47. The summed E-state index contributed by atoms with van der Waals surface area (Å²) in [5.74, 6) is 0.702. The van der Waals surface area contributed by atoms with Crippen LogP contribution in [0.4, 0.5) is 0 Å². The molecule has 0 radical (unpaired) electrons. The van der Waals surface area contributed by atoms with Gasteiger partial charge in [0.25, 0.3) is 0 Å². The second-order valence-corrected chi connectivity index (χ2v) is 5.33. The van der Waals surface area contributed by atoms with Gasteiger partial charge in [-0.1, -0.05) is 19.3 Å². The number of nitrogens with zero attached hydrogens (tertiary/aromatic N) is 1. The van der Waals surface area contributed by atoms with E-state index in [9.17, 15) is 5.11 Å². The monoisotopic (exact) mass is 285 g/mol. The molecule has 1 saturated carbocycles. The molecule has 1 aliphatic rings. The first kappa shape index (κ1) is 11.9. The lowest BCUT2D eigenvalue weighted by Crippen LogP contribution is -2.37. The van der Waals surface area contributed by atoms with E-state index in [1.54, 1.807) is 12.4 Å². The van der Waals surface area contributed by atoms with Crippen LogP contribution >= 0.6 is 15.9 Å². The van der Waals surface area contributed by atoms with Crippen LogP contribution in [0.1, 0.15) is 32.1 Å². The Hall–Kier alpha value is -0.610. The van der Waals surface area contributed by atoms with Crippen LogP contribution in [0.25, 0.3) is 0 Å². The molecule has 0 bridgehead atoms. The van der Waals surface area contributed by atoms with E-state index in [-0.39, 0.29) is 0 Å². The van der Waals surface area contributed by atoms with E-state index in [4.69, 9.17) is 4.74 Å². The summed E-state index contributed by atoms with van der Waals surface area (Å²) in [6, 6.07) is 1.86. The Balaban J connectivity index is 1.91. The van der Waals surface area contributed by atoms with Crippen LogP contribution in [0.15, 0.2) is 22.9 Å². The molecule has 88 valence electrons. The van der Waals surface area contributed by atoms with Crippen molar-refractivity contribution < 1.29 is 9.84 Å². The zero-order valence-corrected chi connectivity index (χ0v) is 10.7. The van der Waals surface area contributed by atoms with Crippen LogP contribution in [-0.4, -0.2) is 22.3 Å². The average Bonchev–Trinajstić information content (AvgIpc) is 2.28. The Labute approximate surface area is 104 Å². The molecule has 1 aromatic rings. The molecule has 0 spiro atoms. The lowest BCUT2D eigenvalue weighted by Gasteiger charge is -2.31. The van der Waals surface area contributed by atoms with Crippen molar-refractivity contribution in [3.8, 4) is 5.75 Å². The number of hydrogen-bond acceptors (Lipinski definition) is 3. The Morgan fingerprint density at radius 3 is 2.75 bits per heavy atom. The van der Waals surface area contributed by atoms with E-state index in [2.05, 4.69) is 20.9 Å². The van der Waals surface area contributed by atoms with Crippen LogP contribution < -0.4 is 4.74 Å². The smallest absolute Gasteiger partial charge is 0.138 e. The lowest BCUT2D eigenvalue weighted by molar-refractivity contribution is -0.0339. The fourth-order valence-electron chi connectivity index (χ4n) is 2.04. The fourth-order valence-corrected chi connectivity index (χ4v) is 2.39. The highest BCUT2D eigenvalue weighted by Crippen LogP contribution is 2.29. The summed E-state index contributed by atoms with van der Waals surface area (Å²) in [6.45, 7) is 0.366. The van der Waals surface area contributed by atoms with E-state index >= 15 is 0 Å². The van der Waals surface area contributed by atoms with Crippen molar-refractivity contribution in [1.29, 1.82) is 0 Å². The van der Waals surface area contributed by atoms with Crippen molar-refractivity contribution in [2.75, 3.05) is 6.61 Å². The van der Waals surface area contributed by atoms with E-state index in [0.717, 1.165) is 30.2 Å². The summed E-state index contributed by atoms with van der Waals surface area (Å²) in [4.78, 5) is 4.02. The molecule has 0 amide bonds. The molecule has 1 aromatic heterocycles. The van der Waals surface area contributed by atoms with Crippen molar-refractivity contribution >= 4 is 15.9 Å². The normalized spacial score (nSPS) is 19.4. The highest BCUT2D eigenvalue weighted by molar-refractivity contribution is 9.10. The molecule has 2 rings (SSSR count). The summed E-state index contributed by atoms with van der Waals surface area (Å²) < 4.78 is 6.48. The number of hydrogen-bond donors (Lipinski definition) is 1. The molecule has 4 heteroatoms. The van der Waals surface area contributed by atoms with Gasteiger partial charge < -0.3 is 9.84 Å². The van der Waals surface area contributed by atoms with Crippen LogP contribution in [-0.2, 0) is 0 Å². The molecule has 0 aliphatic heterocycles. The second-order valence-electron chi connectivity index (χ2n) is 4.41. The number of halogens is 1. The topological polar surface area (TPSA) is 42.4 Å². The maximum Gasteiger partial charge on any atom is 0.138 e. The fraction of sp³-hybridized carbons (Fsp3) is 0.583. The molecule has 1 fully saturated rings. The minimum absolute atomic E-state index is 0.366. The highest BCUT2D eigenvalue weighted by Gasteiger charge is 2.29. The van der Waals surface area contributed by atoms with Crippen LogP contribution in [0.3, 0.4) is 0 Å². The summed E-state index contributed by atoms with van der Waals surface area (Å²) in [5.41, 5.74) is -0.638. The largest absolute Gasteiger partial charge is 0.489 e. The van der Waals surface area contributed by atoms with Gasteiger partial charge in [0.05, 0.1) is 11.8 Å². The number of aliphatic hydroxyl groups is 1. The Morgan fingerprint density at radius 1 is 1.31 bits per heavy atom. The summed E-state index contributed by atoms with van der Waals surface area (Å²) in [5, 5.41) is 10.2. The molecule has 0 atom stereocenters. The molecule has 0 saturated heterocycles. The molecule has 0 aromatic carbocycles. The number of aromatic nitrogens is 1. The Bertz CT molecular complexity index is 351. The molecule has 1 N–H and O–H groups in total. The molecule has 1 aliphatic carbocycles. The van der Waals surface area contributed by atoms with Crippen molar-refractivity contribution in [2.24, 2.45) is 0 Å². The highest BCUT2D eigenvalue weighted by atomic mass is 79.9. The standard InChI is InChI=1S/C12H16BrNO2/c13-10-6-11(8-14-7-10)16-9-12(15)4-2-1-3-5-12/h6-8,15H,1-5,9H2. The van der Waals surface area contributed by atoms with Crippen LogP contribution in [0.2, 0.25) is 0 Å². The van der Waals surface area contributed by atoms with E-state index < -0.39 is 5.60 Å². The molecule has 16 heavy (non-hydrogen) atoms. The van der Waals surface area contributed by atoms with Gasteiger partial charge in [0.15, 0.2) is 0 Å². The van der Waals surface area contributed by atoms with Crippen molar-refractivity contribution in [3.05, 3.63) is 22.9 Å². The predicted octanol–water partition coefficient (Wildman–Crippen LogP) is 2.92. The van der Waals surface area contributed by atoms with E-state index in [1.807, 2.05) is 6.07 Å². The first-order valence-electron chi connectivity index (χ1n) is 5.64. The van der Waals surface area contributed by atoms with Gasteiger partial charge in [-0.05, 0) is 34.8 Å². The van der Waals surface area contributed by atoms with Gasteiger partial charge in [0, 0.05) is 10.7 Å². The van der Waals surface area contributed by atoms with Crippen LogP contribution in [0.5, 0.6) is 5.75 Å². The summed E-state index contributed by atoms with van der Waals surface area (Å²) in [7, 11) is 0. The number of rotatable bonds is 3. The third-order valence-electron chi connectivity index (χ3n) is 2.97. The number of ether oxygens (including phenoxy) is 1. The van der Waals surface area contributed by atoms with Gasteiger partial charge in [0.1, 0.15) is 12.4 Å². The van der Waals surface area contributed by atoms with Crippen molar-refractivity contribution in [2.45, 2.75) is 37.7 Å².